The van der Waals surface area contributed by atoms with E-state index < -0.39 is 46.9 Å². The summed E-state index contributed by atoms with van der Waals surface area (Å²) in [5.41, 5.74) is -1.13. The molecule has 5 atom stereocenters. The van der Waals surface area contributed by atoms with E-state index in [0.29, 0.717) is 6.42 Å². The molecule has 1 rings (SSSR count). The zero-order chi connectivity index (χ0) is 19.7. The van der Waals surface area contributed by atoms with Crippen molar-refractivity contribution in [3.05, 3.63) is 0 Å². The molecule has 1 aliphatic heterocycles. The zero-order valence-electron chi connectivity index (χ0n) is 15.1. The van der Waals surface area contributed by atoms with Crippen molar-refractivity contribution in [2.75, 3.05) is 18.6 Å². The molecule has 1 aliphatic rings. The molecular formula is C13H24KNO9S3. The SMILES string of the molecule is CSCCCCC/C(=N\OS(=O)(=O)[O-])SC1OC(CO)C(O)C(O)C1O.[K+]. The van der Waals surface area contributed by atoms with Crippen LogP contribution in [0.1, 0.15) is 25.7 Å². The van der Waals surface area contributed by atoms with E-state index in [4.69, 9.17) is 4.74 Å². The number of hydrogen-bond donors (Lipinski definition) is 4. The molecule has 0 radical (unpaired) electrons. The van der Waals surface area contributed by atoms with Crippen LogP contribution in [0.25, 0.3) is 0 Å². The second kappa shape index (κ2) is 14.5. The van der Waals surface area contributed by atoms with Gasteiger partial charge in [-0.2, -0.15) is 20.2 Å². The van der Waals surface area contributed by atoms with Gasteiger partial charge in [-0.3, -0.25) is 4.28 Å². The third kappa shape index (κ3) is 10.9. The fourth-order valence-corrected chi connectivity index (χ4v) is 4.04. The summed E-state index contributed by atoms with van der Waals surface area (Å²) >= 11 is 2.46. The van der Waals surface area contributed by atoms with E-state index in [1.807, 2.05) is 6.26 Å². The number of nitrogens with zero attached hydrogens (tertiary/aromatic N) is 1. The maximum atomic E-state index is 10.6. The molecule has 4 N–H and O–H groups in total. The molecule has 0 amide bonds. The molecular weight excluding hydrogens is 449 g/mol. The Labute approximate surface area is 209 Å². The van der Waals surface area contributed by atoms with Crippen LogP contribution in [0.4, 0.5) is 0 Å². The smallest absolute Gasteiger partial charge is 0.714 e. The van der Waals surface area contributed by atoms with Crippen LogP contribution in [0.15, 0.2) is 5.16 Å². The van der Waals surface area contributed by atoms with Gasteiger partial charge in [-0.05, 0) is 31.3 Å². The summed E-state index contributed by atoms with van der Waals surface area (Å²) in [6.45, 7) is -0.589. The van der Waals surface area contributed by atoms with Crippen molar-refractivity contribution in [2.24, 2.45) is 5.16 Å². The second-order valence-electron chi connectivity index (χ2n) is 5.59. The minimum atomic E-state index is -5.03. The number of unbranched alkanes of at least 4 members (excludes halogenated alkanes) is 2. The minimum Gasteiger partial charge on any atom is -0.714 e. The predicted octanol–water partition coefficient (Wildman–Crippen LogP) is -3.76. The average Bonchev–Trinajstić information content (AvgIpc) is 2.58. The van der Waals surface area contributed by atoms with Crippen molar-refractivity contribution in [3.8, 4) is 0 Å². The summed E-state index contributed by atoms with van der Waals surface area (Å²) in [6.07, 6.45) is -1.02. The number of rotatable bonds is 10. The topological polar surface area (TPSA) is 169 Å². The van der Waals surface area contributed by atoms with E-state index in [1.165, 1.54) is 0 Å². The third-order valence-corrected chi connectivity index (χ3v) is 5.70. The molecule has 0 spiro atoms. The molecule has 0 aliphatic carbocycles. The van der Waals surface area contributed by atoms with Gasteiger partial charge in [-0.15, -0.1) is 0 Å². The second-order valence-corrected chi connectivity index (χ2v) is 8.71. The van der Waals surface area contributed by atoms with Crippen LogP contribution in [0, 0.1) is 0 Å². The van der Waals surface area contributed by atoms with Crippen molar-refractivity contribution in [3.63, 3.8) is 0 Å². The van der Waals surface area contributed by atoms with Gasteiger partial charge < -0.3 is 29.7 Å². The first-order valence-electron chi connectivity index (χ1n) is 7.87. The Morgan fingerprint density at radius 2 is 1.85 bits per heavy atom. The number of aliphatic hydroxyl groups excluding tert-OH is 4. The fraction of sp³-hybridized carbons (Fsp3) is 0.923. The number of thioether (sulfide) groups is 2. The predicted molar refractivity (Wildman–Crippen MR) is 96.4 cm³/mol. The number of oxime groups is 1. The molecule has 0 aromatic carbocycles. The van der Waals surface area contributed by atoms with Crippen LogP contribution in [-0.4, -0.2) is 86.9 Å². The van der Waals surface area contributed by atoms with Gasteiger partial charge in [-0.1, -0.05) is 23.3 Å². The quantitative estimate of drug-likeness (QED) is 0.0467. The number of ether oxygens (including phenoxy) is 1. The van der Waals surface area contributed by atoms with Crippen molar-refractivity contribution in [1.29, 1.82) is 0 Å². The Morgan fingerprint density at radius 3 is 2.41 bits per heavy atom. The third-order valence-electron chi connectivity index (χ3n) is 3.57. The molecule has 10 nitrogen and oxygen atoms in total. The van der Waals surface area contributed by atoms with Crippen LogP contribution >= 0.6 is 23.5 Å². The standard InChI is InChI=1S/C13H25NO9S3.K/c1-24-6-4-2-3-5-9(14-23-26(19,20)21)25-13-12(18)11(17)10(16)8(7-15)22-13;/h8,10-13,15-18H,2-7H2,1H3,(H,19,20,21);/q;+1/p-1/b14-9+;. The molecule has 27 heavy (non-hydrogen) atoms. The van der Waals surface area contributed by atoms with Crippen LogP contribution < -0.4 is 51.4 Å². The van der Waals surface area contributed by atoms with Gasteiger partial charge in [0.1, 0.15) is 34.9 Å². The molecule has 0 aromatic rings. The van der Waals surface area contributed by atoms with Crippen molar-refractivity contribution >= 4 is 39.0 Å². The molecule has 154 valence electrons. The maximum Gasteiger partial charge on any atom is 1.00 e. The summed E-state index contributed by atoms with van der Waals surface area (Å²) in [6, 6.07) is 0. The first-order valence-corrected chi connectivity index (χ1v) is 11.5. The molecule has 0 aromatic heterocycles. The summed E-state index contributed by atoms with van der Waals surface area (Å²) < 4.78 is 41.1. The fourth-order valence-electron chi connectivity index (χ4n) is 2.21. The van der Waals surface area contributed by atoms with Crippen LogP contribution in [-0.2, 0) is 19.4 Å². The Morgan fingerprint density at radius 1 is 1.19 bits per heavy atom. The van der Waals surface area contributed by atoms with Crippen LogP contribution in [0.2, 0.25) is 0 Å². The monoisotopic (exact) mass is 473 g/mol. The molecule has 1 fully saturated rings. The summed E-state index contributed by atoms with van der Waals surface area (Å²) in [5, 5.41) is 42.2. The van der Waals surface area contributed by atoms with Crippen molar-refractivity contribution in [1.82, 2.24) is 0 Å². The van der Waals surface area contributed by atoms with Gasteiger partial charge in [0.2, 0.25) is 0 Å². The van der Waals surface area contributed by atoms with Gasteiger partial charge in [-0.25, -0.2) is 0 Å². The number of hydrogen-bond acceptors (Lipinski definition) is 12. The molecule has 5 unspecified atom stereocenters. The summed E-state index contributed by atoms with van der Waals surface area (Å²) in [5.74, 6) is 0.970. The van der Waals surface area contributed by atoms with E-state index in [1.54, 1.807) is 11.8 Å². The summed E-state index contributed by atoms with van der Waals surface area (Å²) in [7, 11) is -5.03. The van der Waals surface area contributed by atoms with E-state index in [0.717, 1.165) is 30.4 Å². The van der Waals surface area contributed by atoms with E-state index in [2.05, 4.69) is 9.44 Å². The minimum absolute atomic E-state index is 0. The molecule has 1 saturated heterocycles. The average molecular weight is 474 g/mol. The van der Waals surface area contributed by atoms with Crippen molar-refractivity contribution in [2.45, 2.75) is 55.5 Å². The van der Waals surface area contributed by atoms with Crippen molar-refractivity contribution < 1.29 is 93.8 Å². The molecule has 1 heterocycles. The van der Waals surface area contributed by atoms with Gasteiger partial charge in [0.05, 0.1) is 6.61 Å². The maximum absolute atomic E-state index is 10.6. The Kier molecular flexibility index (Phi) is 15.3. The first kappa shape index (κ1) is 28.5. The van der Waals surface area contributed by atoms with Gasteiger partial charge in [0, 0.05) is 0 Å². The van der Waals surface area contributed by atoms with Crippen LogP contribution in [0.3, 0.4) is 0 Å². The van der Waals surface area contributed by atoms with E-state index in [-0.39, 0.29) is 62.8 Å². The molecule has 0 saturated carbocycles. The van der Waals surface area contributed by atoms with Gasteiger partial charge >= 0.3 is 51.4 Å². The Balaban J connectivity index is 0.00000676. The van der Waals surface area contributed by atoms with E-state index in [9.17, 15) is 33.4 Å². The van der Waals surface area contributed by atoms with Gasteiger partial charge in [0.15, 0.2) is 0 Å². The number of aliphatic hydroxyl groups is 4. The summed E-state index contributed by atoms with van der Waals surface area (Å²) in [4.78, 5) is 0. The normalized spacial score (nSPS) is 29.3. The first-order chi connectivity index (χ1) is 12.2. The zero-order valence-corrected chi connectivity index (χ0v) is 20.7. The Bertz CT molecular complexity index is 549. The van der Waals surface area contributed by atoms with Crippen LogP contribution in [0.5, 0.6) is 0 Å². The van der Waals surface area contributed by atoms with E-state index >= 15 is 0 Å². The molecule has 0 bridgehead atoms. The largest absolute Gasteiger partial charge is 1.00 e. The van der Waals surface area contributed by atoms with Gasteiger partial charge in [0.25, 0.3) is 10.4 Å². The Hall–Kier alpha value is 1.52. The molecule has 14 heteroatoms.